The Kier molecular flexibility index (Phi) is 5.54. The van der Waals surface area contributed by atoms with Gasteiger partial charge in [0.05, 0.1) is 26.9 Å². The predicted octanol–water partition coefficient (Wildman–Crippen LogP) is 3.26. The van der Waals surface area contributed by atoms with Gasteiger partial charge in [-0.05, 0) is 42.8 Å². The van der Waals surface area contributed by atoms with Gasteiger partial charge in [0, 0.05) is 6.07 Å². The van der Waals surface area contributed by atoms with E-state index in [0.717, 1.165) is 5.56 Å². The Balaban J connectivity index is 1.83. The zero-order valence-corrected chi connectivity index (χ0v) is 16.0. The molecule has 0 spiro atoms. The van der Waals surface area contributed by atoms with Crippen molar-refractivity contribution in [1.82, 2.24) is 0 Å². The number of rotatable bonds is 6. The van der Waals surface area contributed by atoms with Crippen LogP contribution in [-0.4, -0.2) is 39.2 Å². The molecule has 0 fully saturated rings. The van der Waals surface area contributed by atoms with E-state index in [2.05, 4.69) is 4.74 Å². The second-order valence-corrected chi connectivity index (χ2v) is 6.00. The SMILES string of the molecule is COC(=O)C(C)Oc1ccc2c(c1)O/C(=C\c1ccc(OC)c(OC)c1)C2=O. The predicted molar refractivity (Wildman–Crippen MR) is 101 cm³/mol. The molecule has 0 amide bonds. The highest BCUT2D eigenvalue weighted by Crippen LogP contribution is 2.36. The van der Waals surface area contributed by atoms with E-state index < -0.39 is 12.1 Å². The van der Waals surface area contributed by atoms with E-state index in [1.54, 1.807) is 63.6 Å². The summed E-state index contributed by atoms with van der Waals surface area (Å²) in [6.45, 7) is 1.58. The maximum atomic E-state index is 12.6. The zero-order valence-electron chi connectivity index (χ0n) is 16.0. The maximum absolute atomic E-state index is 12.6. The average molecular weight is 384 g/mol. The first-order chi connectivity index (χ1) is 13.5. The lowest BCUT2D eigenvalue weighted by molar-refractivity contribution is -0.147. The molecule has 1 aliphatic rings. The summed E-state index contributed by atoms with van der Waals surface area (Å²) in [6.07, 6.45) is 0.851. The third-order valence-electron chi connectivity index (χ3n) is 4.19. The van der Waals surface area contributed by atoms with E-state index in [1.165, 1.54) is 7.11 Å². The lowest BCUT2D eigenvalue weighted by Gasteiger charge is -2.12. The molecule has 0 saturated heterocycles. The third kappa shape index (κ3) is 3.78. The van der Waals surface area contributed by atoms with Gasteiger partial charge in [-0.3, -0.25) is 4.79 Å². The van der Waals surface area contributed by atoms with Crippen LogP contribution in [0.1, 0.15) is 22.8 Å². The summed E-state index contributed by atoms with van der Waals surface area (Å²) in [5, 5.41) is 0. The molecular formula is C21H20O7. The van der Waals surface area contributed by atoms with Gasteiger partial charge in [-0.15, -0.1) is 0 Å². The van der Waals surface area contributed by atoms with Crippen LogP contribution in [0.4, 0.5) is 0 Å². The van der Waals surface area contributed by atoms with Crippen molar-refractivity contribution in [3.05, 3.63) is 53.3 Å². The number of ketones is 1. The van der Waals surface area contributed by atoms with Crippen LogP contribution in [0.2, 0.25) is 0 Å². The van der Waals surface area contributed by atoms with Gasteiger partial charge in [-0.25, -0.2) is 4.79 Å². The van der Waals surface area contributed by atoms with Gasteiger partial charge in [-0.1, -0.05) is 6.07 Å². The molecule has 1 atom stereocenters. The molecule has 28 heavy (non-hydrogen) atoms. The fourth-order valence-electron chi connectivity index (χ4n) is 2.75. The molecule has 0 saturated carbocycles. The molecule has 0 N–H and O–H groups in total. The normalized spacial score (nSPS) is 14.9. The minimum atomic E-state index is -0.776. The van der Waals surface area contributed by atoms with E-state index in [4.69, 9.17) is 18.9 Å². The lowest BCUT2D eigenvalue weighted by atomic mass is 10.1. The molecule has 1 unspecified atom stereocenters. The van der Waals surface area contributed by atoms with Crippen molar-refractivity contribution in [2.75, 3.05) is 21.3 Å². The van der Waals surface area contributed by atoms with Crippen molar-refractivity contribution in [3.8, 4) is 23.0 Å². The molecule has 0 aromatic heterocycles. The Morgan fingerprint density at radius 2 is 1.79 bits per heavy atom. The number of carbonyl (C=O) groups is 2. The summed E-state index contributed by atoms with van der Waals surface area (Å²) >= 11 is 0. The van der Waals surface area contributed by atoms with Gasteiger partial charge in [0.25, 0.3) is 0 Å². The number of fused-ring (bicyclic) bond motifs is 1. The molecular weight excluding hydrogens is 364 g/mol. The van der Waals surface area contributed by atoms with E-state index in [-0.39, 0.29) is 11.5 Å². The van der Waals surface area contributed by atoms with Crippen LogP contribution < -0.4 is 18.9 Å². The van der Waals surface area contributed by atoms with E-state index in [9.17, 15) is 9.59 Å². The Hall–Kier alpha value is -3.48. The fraction of sp³-hybridized carbons (Fsp3) is 0.238. The van der Waals surface area contributed by atoms with Crippen LogP contribution in [0.3, 0.4) is 0 Å². The topological polar surface area (TPSA) is 80.3 Å². The van der Waals surface area contributed by atoms with Crippen molar-refractivity contribution < 1.29 is 33.3 Å². The van der Waals surface area contributed by atoms with E-state index in [1.807, 2.05) is 0 Å². The monoisotopic (exact) mass is 384 g/mol. The molecule has 2 aromatic carbocycles. The first kappa shape index (κ1) is 19.3. The highest BCUT2D eigenvalue weighted by molar-refractivity contribution is 6.14. The standard InChI is InChI=1S/C21H20O7/c1-12(21(23)26-4)27-14-6-7-15-17(11-14)28-19(20(15)22)10-13-5-8-16(24-2)18(9-13)25-3/h5-12H,1-4H3/b19-10-. The van der Waals surface area contributed by atoms with Crippen molar-refractivity contribution in [3.63, 3.8) is 0 Å². The van der Waals surface area contributed by atoms with Crippen LogP contribution >= 0.6 is 0 Å². The summed E-state index contributed by atoms with van der Waals surface area (Å²) < 4.78 is 26.4. The van der Waals surface area contributed by atoms with Crippen LogP contribution in [0.15, 0.2) is 42.2 Å². The summed E-state index contributed by atoms with van der Waals surface area (Å²) in [7, 11) is 4.38. The number of allylic oxidation sites excluding steroid dienone is 1. The summed E-state index contributed by atoms with van der Waals surface area (Å²) in [5.74, 6) is 1.35. The number of benzene rings is 2. The summed E-state index contributed by atoms with van der Waals surface area (Å²) in [5.41, 5.74) is 1.15. The Morgan fingerprint density at radius 1 is 1.04 bits per heavy atom. The average Bonchev–Trinajstić information content (AvgIpc) is 3.01. The first-order valence-corrected chi connectivity index (χ1v) is 8.51. The third-order valence-corrected chi connectivity index (χ3v) is 4.19. The van der Waals surface area contributed by atoms with Crippen molar-refractivity contribution >= 4 is 17.8 Å². The van der Waals surface area contributed by atoms with Crippen LogP contribution in [0, 0.1) is 0 Å². The van der Waals surface area contributed by atoms with Crippen molar-refractivity contribution in [2.45, 2.75) is 13.0 Å². The lowest BCUT2D eigenvalue weighted by Crippen LogP contribution is -2.24. The maximum Gasteiger partial charge on any atom is 0.346 e. The number of methoxy groups -OCH3 is 3. The van der Waals surface area contributed by atoms with Gasteiger partial charge in [0.1, 0.15) is 11.5 Å². The van der Waals surface area contributed by atoms with E-state index in [0.29, 0.717) is 28.6 Å². The number of hydrogen-bond donors (Lipinski definition) is 0. The van der Waals surface area contributed by atoms with Gasteiger partial charge in [0.15, 0.2) is 23.4 Å². The number of carbonyl (C=O) groups excluding carboxylic acids is 2. The molecule has 1 heterocycles. The second kappa shape index (κ2) is 8.04. The highest BCUT2D eigenvalue weighted by Gasteiger charge is 2.28. The van der Waals surface area contributed by atoms with E-state index >= 15 is 0 Å². The Bertz CT molecular complexity index is 946. The van der Waals surface area contributed by atoms with Gasteiger partial charge in [-0.2, -0.15) is 0 Å². The van der Waals surface area contributed by atoms with Crippen LogP contribution in [0.25, 0.3) is 6.08 Å². The van der Waals surface area contributed by atoms with Crippen molar-refractivity contribution in [2.24, 2.45) is 0 Å². The Morgan fingerprint density at radius 3 is 2.46 bits per heavy atom. The molecule has 2 aromatic rings. The molecule has 146 valence electrons. The first-order valence-electron chi connectivity index (χ1n) is 8.51. The van der Waals surface area contributed by atoms with Crippen molar-refractivity contribution in [1.29, 1.82) is 0 Å². The number of esters is 1. The number of ether oxygens (including phenoxy) is 5. The summed E-state index contributed by atoms with van der Waals surface area (Å²) in [6, 6.07) is 10.1. The van der Waals surface area contributed by atoms with Gasteiger partial charge < -0.3 is 23.7 Å². The summed E-state index contributed by atoms with van der Waals surface area (Å²) in [4.78, 5) is 24.1. The molecule has 0 aliphatic carbocycles. The minimum absolute atomic E-state index is 0.181. The molecule has 1 aliphatic heterocycles. The number of Topliss-reactive ketones (excluding diaryl/α,β-unsaturated/α-hetero) is 1. The fourth-order valence-corrected chi connectivity index (χ4v) is 2.75. The molecule has 3 rings (SSSR count). The second-order valence-electron chi connectivity index (χ2n) is 6.00. The van der Waals surface area contributed by atoms with Crippen LogP contribution in [0.5, 0.6) is 23.0 Å². The Labute approximate surface area is 162 Å². The number of hydrogen-bond acceptors (Lipinski definition) is 7. The van der Waals surface area contributed by atoms with Gasteiger partial charge >= 0.3 is 5.97 Å². The quantitative estimate of drug-likeness (QED) is 0.559. The molecule has 7 heteroatoms. The largest absolute Gasteiger partial charge is 0.493 e. The zero-order chi connectivity index (χ0) is 20.3. The highest BCUT2D eigenvalue weighted by atomic mass is 16.6. The van der Waals surface area contributed by atoms with Crippen LogP contribution in [-0.2, 0) is 9.53 Å². The molecule has 0 radical (unpaired) electrons. The van der Waals surface area contributed by atoms with Gasteiger partial charge in [0.2, 0.25) is 5.78 Å². The minimum Gasteiger partial charge on any atom is -0.493 e. The smallest absolute Gasteiger partial charge is 0.346 e. The molecule has 7 nitrogen and oxygen atoms in total. The molecule has 0 bridgehead atoms.